The van der Waals surface area contributed by atoms with Gasteiger partial charge in [0.1, 0.15) is 21.4 Å². The van der Waals surface area contributed by atoms with Crippen molar-refractivity contribution in [1.82, 2.24) is 19.8 Å². The zero-order valence-electron chi connectivity index (χ0n) is 35.2. The van der Waals surface area contributed by atoms with Crippen LogP contribution in [-0.4, -0.2) is 81.4 Å². The smallest absolute Gasteiger partial charge is 0.240 e. The number of carbonyl (C=O) groups is 4. The lowest BCUT2D eigenvalue weighted by molar-refractivity contribution is -0.136. The molecule has 2 aromatic carbocycles. The summed E-state index contributed by atoms with van der Waals surface area (Å²) >= 11 is 2.89. The van der Waals surface area contributed by atoms with Crippen LogP contribution in [0.4, 0.5) is 11.4 Å². The fourth-order valence-corrected chi connectivity index (χ4v) is 11.7. The van der Waals surface area contributed by atoms with Crippen LogP contribution in [0.2, 0.25) is 0 Å². The van der Waals surface area contributed by atoms with Gasteiger partial charge in [0.25, 0.3) is 0 Å². The topological polar surface area (TPSA) is 177 Å². The van der Waals surface area contributed by atoms with E-state index in [0.717, 1.165) is 92.0 Å². The van der Waals surface area contributed by atoms with Gasteiger partial charge in [-0.15, -0.1) is 22.7 Å². The van der Waals surface area contributed by atoms with Gasteiger partial charge in [-0.05, 0) is 111 Å². The molecule has 2 aliphatic heterocycles. The highest BCUT2D eigenvalue weighted by molar-refractivity contribution is 7.10. The molecule has 324 valence electrons. The average molecular weight is 865 g/mol. The summed E-state index contributed by atoms with van der Waals surface area (Å²) in [6.45, 7) is 4.78. The maximum Gasteiger partial charge on any atom is 0.240 e. The number of rotatable bonds is 15. The Morgan fingerprint density at radius 2 is 1.10 bits per heavy atom. The highest BCUT2D eigenvalue weighted by Crippen LogP contribution is 2.39. The highest BCUT2D eigenvalue weighted by Gasteiger charge is 2.41. The summed E-state index contributed by atoms with van der Waals surface area (Å²) in [6.07, 6.45) is 13.6. The van der Waals surface area contributed by atoms with E-state index in [2.05, 4.69) is 17.6 Å². The molecule has 4 heterocycles. The normalized spacial score (nSPS) is 22.2. The molecule has 0 radical (unpaired) electrons. The molecule has 12 nitrogen and oxygen atoms in total. The first-order chi connectivity index (χ1) is 29.6. The van der Waals surface area contributed by atoms with Gasteiger partial charge in [0.15, 0.2) is 0 Å². The fourth-order valence-electron chi connectivity index (χ4n) is 9.86. The zero-order valence-corrected chi connectivity index (χ0v) is 36.9. The van der Waals surface area contributed by atoms with Crippen molar-refractivity contribution in [2.75, 3.05) is 36.8 Å². The summed E-state index contributed by atoms with van der Waals surface area (Å²) in [6, 6.07) is 13.6. The fraction of sp³-hybridized carbons (Fsp3) is 0.532. The van der Waals surface area contributed by atoms with Gasteiger partial charge in [-0.2, -0.15) is 0 Å². The summed E-state index contributed by atoms with van der Waals surface area (Å²) in [4.78, 5) is 67.3. The van der Waals surface area contributed by atoms with Gasteiger partial charge in [-0.3, -0.25) is 19.2 Å². The molecule has 6 N–H and O–H groups in total. The molecule has 2 saturated heterocycles. The molecule has 2 aromatic heterocycles. The lowest BCUT2D eigenvalue weighted by Crippen LogP contribution is -2.48. The van der Waals surface area contributed by atoms with Gasteiger partial charge in [0.2, 0.25) is 23.4 Å². The maximum atomic E-state index is 13.6. The molecule has 4 aromatic rings. The van der Waals surface area contributed by atoms with Crippen molar-refractivity contribution < 1.29 is 19.2 Å². The number of nitrogens with two attached hydrogens (primary N) is 2. The van der Waals surface area contributed by atoms with Crippen molar-refractivity contribution in [1.29, 1.82) is 0 Å². The predicted molar refractivity (Wildman–Crippen MR) is 242 cm³/mol. The second kappa shape index (κ2) is 19.7. The standard InChI is InChI=1S/C47H60N8O4S2/c1-29-25-39(55(26-29)47(59)41(49)31-11-6-3-7-12-31)45-53-37(28-61-45)43(57)33-16-20-35(21-17-33)51-23-22-50-34-18-14-32(15-19-34)42(56)36-27-60-44(52-36)38-13-8-24-54(38)46(58)40(48)30-9-4-2-5-10-30/h14-21,27-31,38-41,50-51H,2-13,22-26,48-49H2,1H3/t29?,38?,39-,40-,41-/m0/s1. The number of anilines is 2. The molecule has 4 fully saturated rings. The minimum Gasteiger partial charge on any atom is -0.383 e. The van der Waals surface area contributed by atoms with Crippen LogP contribution in [0.1, 0.15) is 145 Å². The van der Waals surface area contributed by atoms with E-state index in [-0.39, 0.29) is 47.3 Å². The quantitative estimate of drug-likeness (QED) is 0.0677. The van der Waals surface area contributed by atoms with Crippen LogP contribution in [-0.2, 0) is 9.59 Å². The summed E-state index contributed by atoms with van der Waals surface area (Å²) in [5.41, 5.74) is 16.7. The lowest BCUT2D eigenvalue weighted by Gasteiger charge is -2.32. The van der Waals surface area contributed by atoms with Crippen LogP contribution in [0.3, 0.4) is 0 Å². The maximum absolute atomic E-state index is 13.6. The molecule has 14 heteroatoms. The van der Waals surface area contributed by atoms with Gasteiger partial charge >= 0.3 is 0 Å². The lowest BCUT2D eigenvalue weighted by atomic mass is 9.83. The largest absolute Gasteiger partial charge is 0.383 e. The highest BCUT2D eigenvalue weighted by atomic mass is 32.1. The zero-order chi connectivity index (χ0) is 42.5. The number of nitrogens with zero attached hydrogens (tertiary/aromatic N) is 4. The van der Waals surface area contributed by atoms with Gasteiger partial charge in [0, 0.05) is 59.4 Å². The van der Waals surface area contributed by atoms with Gasteiger partial charge in [-0.25, -0.2) is 9.97 Å². The Balaban J connectivity index is 0.790. The van der Waals surface area contributed by atoms with E-state index in [4.69, 9.17) is 21.4 Å². The monoisotopic (exact) mass is 864 g/mol. The van der Waals surface area contributed by atoms with E-state index in [1.807, 2.05) is 63.7 Å². The minimum absolute atomic E-state index is 0.0204. The molecule has 0 bridgehead atoms. The molecular weight excluding hydrogens is 805 g/mol. The van der Waals surface area contributed by atoms with Crippen molar-refractivity contribution in [2.45, 2.75) is 115 Å². The van der Waals surface area contributed by atoms with E-state index < -0.39 is 12.1 Å². The Hall–Kier alpha value is -4.50. The van der Waals surface area contributed by atoms with E-state index in [9.17, 15) is 19.2 Å². The third kappa shape index (κ3) is 9.93. The Bertz CT molecular complexity index is 2140. The van der Waals surface area contributed by atoms with E-state index >= 15 is 0 Å². The second-order valence-electron chi connectivity index (χ2n) is 17.7. The SMILES string of the molecule is CC1C[C@@H](c2nc(C(=O)c3ccc(NCCNc4ccc(C(=O)c5csc(C6CCCN6C(=O)[C@@H](N)C6CCCCC6)n5)cc4)cc3)cs2)N(C(=O)[C@@H](N)C2CCCCC2)C1. The molecule has 2 aliphatic carbocycles. The number of ketones is 2. The molecule has 4 aliphatic rings. The van der Waals surface area contributed by atoms with Crippen molar-refractivity contribution in [3.8, 4) is 0 Å². The molecule has 2 unspecified atom stereocenters. The predicted octanol–water partition coefficient (Wildman–Crippen LogP) is 7.97. The van der Waals surface area contributed by atoms with Crippen LogP contribution in [0.25, 0.3) is 0 Å². The second-order valence-corrected chi connectivity index (χ2v) is 19.5. The van der Waals surface area contributed by atoms with Crippen LogP contribution in [0.15, 0.2) is 59.3 Å². The Morgan fingerprint density at radius 1 is 0.639 bits per heavy atom. The summed E-state index contributed by atoms with van der Waals surface area (Å²) in [5, 5.41) is 12.0. The number of nitrogens with one attached hydrogen (secondary N) is 2. The van der Waals surface area contributed by atoms with E-state index in [0.29, 0.717) is 54.6 Å². The minimum atomic E-state index is -0.476. The van der Waals surface area contributed by atoms with Crippen molar-refractivity contribution in [3.05, 3.63) is 91.8 Å². The molecule has 61 heavy (non-hydrogen) atoms. The number of carbonyl (C=O) groups excluding carboxylic acids is 4. The van der Waals surface area contributed by atoms with E-state index in [1.165, 1.54) is 35.5 Å². The molecule has 2 saturated carbocycles. The Kier molecular flexibility index (Phi) is 13.9. The van der Waals surface area contributed by atoms with Crippen LogP contribution >= 0.6 is 22.7 Å². The number of hydrogen-bond donors (Lipinski definition) is 4. The Labute approximate surface area is 367 Å². The molecule has 2 amide bonds. The Morgan fingerprint density at radius 3 is 1.59 bits per heavy atom. The van der Waals surface area contributed by atoms with Crippen molar-refractivity contribution >= 4 is 57.4 Å². The number of aromatic nitrogens is 2. The first kappa shape index (κ1) is 43.2. The summed E-state index contributed by atoms with van der Waals surface area (Å²) in [5.74, 6) is 0.601. The number of likely N-dealkylation sites (tertiary alicyclic amines) is 2. The summed E-state index contributed by atoms with van der Waals surface area (Å²) in [7, 11) is 0. The number of benzene rings is 2. The molecule has 5 atom stereocenters. The van der Waals surface area contributed by atoms with Crippen LogP contribution < -0.4 is 22.1 Å². The first-order valence-electron chi connectivity index (χ1n) is 22.4. The number of amides is 2. The van der Waals surface area contributed by atoms with Crippen LogP contribution in [0.5, 0.6) is 0 Å². The average Bonchev–Trinajstić information content (AvgIpc) is 4.15. The summed E-state index contributed by atoms with van der Waals surface area (Å²) < 4.78 is 0. The van der Waals surface area contributed by atoms with Crippen molar-refractivity contribution in [3.63, 3.8) is 0 Å². The van der Waals surface area contributed by atoms with Gasteiger partial charge in [-0.1, -0.05) is 45.4 Å². The van der Waals surface area contributed by atoms with Crippen LogP contribution in [0, 0.1) is 17.8 Å². The van der Waals surface area contributed by atoms with E-state index in [1.54, 1.807) is 5.38 Å². The molecule has 0 spiro atoms. The van der Waals surface area contributed by atoms with Gasteiger partial charge < -0.3 is 31.9 Å². The number of thiazole rings is 2. The third-order valence-electron chi connectivity index (χ3n) is 13.4. The third-order valence-corrected chi connectivity index (χ3v) is 15.3. The molecule has 8 rings (SSSR count). The first-order valence-corrected chi connectivity index (χ1v) is 24.2. The van der Waals surface area contributed by atoms with Gasteiger partial charge in [0.05, 0.1) is 24.2 Å². The van der Waals surface area contributed by atoms with Crippen molar-refractivity contribution in [2.24, 2.45) is 29.2 Å². The molecular formula is C47H60N8O4S2. The number of hydrogen-bond acceptors (Lipinski definition) is 12.